The molecule has 2 heterocycles. The summed E-state index contributed by atoms with van der Waals surface area (Å²) >= 11 is 0. The van der Waals surface area contributed by atoms with Gasteiger partial charge in [0.25, 0.3) is 0 Å². The van der Waals surface area contributed by atoms with Gasteiger partial charge in [-0.05, 0) is 70.5 Å². The highest BCUT2D eigenvalue weighted by molar-refractivity contribution is 6.40. The predicted molar refractivity (Wildman–Crippen MR) is 211 cm³/mol. The SMILES string of the molecule is CCCCN1C(=C2C(=O)C(c3ccc(-c4ccc(C5=C(O)C(=C6C=Cc7ccccc7N6CCCC)C5=O)cc4)cc3)=C2O)C=Cc2ccccc21. The lowest BCUT2D eigenvalue weighted by molar-refractivity contribution is -0.112. The van der Waals surface area contributed by atoms with Gasteiger partial charge in [-0.3, -0.25) is 9.59 Å². The van der Waals surface area contributed by atoms with E-state index < -0.39 is 0 Å². The van der Waals surface area contributed by atoms with Gasteiger partial charge in [-0.15, -0.1) is 0 Å². The molecule has 0 saturated heterocycles. The van der Waals surface area contributed by atoms with E-state index in [9.17, 15) is 19.8 Å². The highest BCUT2D eigenvalue weighted by Gasteiger charge is 2.40. The van der Waals surface area contributed by atoms with Crippen LogP contribution in [0.4, 0.5) is 11.4 Å². The first-order chi connectivity index (χ1) is 25.4. The van der Waals surface area contributed by atoms with Gasteiger partial charge in [0, 0.05) is 24.5 Å². The third kappa shape index (κ3) is 5.43. The van der Waals surface area contributed by atoms with Gasteiger partial charge in [-0.2, -0.15) is 0 Å². The van der Waals surface area contributed by atoms with Crippen LogP contribution in [0.2, 0.25) is 0 Å². The van der Waals surface area contributed by atoms with Gasteiger partial charge in [-0.25, -0.2) is 0 Å². The maximum Gasteiger partial charge on any atom is 0.203 e. The number of carbonyl (C=O) groups is 2. The fourth-order valence-corrected chi connectivity index (χ4v) is 7.55. The number of hydrogen-bond donors (Lipinski definition) is 2. The Hall–Kier alpha value is -6.14. The molecule has 2 N–H and O–H groups in total. The Bertz CT molecular complexity index is 2150. The van der Waals surface area contributed by atoms with Crippen molar-refractivity contribution in [1.29, 1.82) is 0 Å². The fourth-order valence-electron chi connectivity index (χ4n) is 7.55. The minimum absolute atomic E-state index is 0.0247. The van der Waals surface area contributed by atoms with Crippen LogP contribution >= 0.6 is 0 Å². The van der Waals surface area contributed by atoms with Crippen molar-refractivity contribution in [2.45, 2.75) is 39.5 Å². The number of para-hydroxylation sites is 2. The minimum Gasteiger partial charge on any atom is -0.506 e. The third-order valence-corrected chi connectivity index (χ3v) is 10.4. The fraction of sp³-hybridized carbons (Fsp3) is 0.174. The van der Waals surface area contributed by atoms with E-state index in [-0.39, 0.29) is 23.1 Å². The molecule has 0 fully saturated rings. The zero-order valence-corrected chi connectivity index (χ0v) is 29.4. The molecule has 0 unspecified atom stereocenters. The Kier molecular flexibility index (Phi) is 8.59. The Balaban J connectivity index is 1.03. The standard InChI is InChI=1S/C46H40N2O4/c1-3-5-27-47-35-13-9-7-11-31(35)23-25-37(47)41-43(49)39(44(41)50)33-19-15-29(16-20-33)30-17-21-34(22-18-30)40-45(51)42(46(40)52)38-26-24-32-12-8-10-14-36(32)48(38)28-6-4-2/h7-26,49,51H,3-6,27-28H2,1-2H3. The van der Waals surface area contributed by atoms with Gasteiger partial charge in [0.2, 0.25) is 11.6 Å². The molecule has 52 heavy (non-hydrogen) atoms. The van der Waals surface area contributed by atoms with Crippen molar-refractivity contribution in [3.8, 4) is 11.1 Å². The molecule has 0 bridgehead atoms. The smallest absolute Gasteiger partial charge is 0.203 e. The molecule has 0 radical (unpaired) electrons. The molecule has 4 aromatic carbocycles. The van der Waals surface area contributed by atoms with Gasteiger partial charge in [0.1, 0.15) is 11.5 Å². The van der Waals surface area contributed by atoms with E-state index in [0.29, 0.717) is 33.4 Å². The van der Waals surface area contributed by atoms with Gasteiger partial charge < -0.3 is 20.0 Å². The van der Waals surface area contributed by atoms with E-state index in [4.69, 9.17) is 0 Å². The summed E-state index contributed by atoms with van der Waals surface area (Å²) in [7, 11) is 0. The summed E-state index contributed by atoms with van der Waals surface area (Å²) in [5, 5.41) is 22.5. The molecule has 6 heteroatoms. The predicted octanol–water partition coefficient (Wildman–Crippen LogP) is 10.2. The zero-order valence-electron chi connectivity index (χ0n) is 29.4. The molecule has 0 spiro atoms. The molecular formula is C46H40N2O4. The topological polar surface area (TPSA) is 81.1 Å². The number of aliphatic hydroxyl groups excluding tert-OH is 2. The van der Waals surface area contributed by atoms with Crippen LogP contribution in [0.5, 0.6) is 0 Å². The molecule has 258 valence electrons. The molecule has 8 rings (SSSR count). The molecule has 4 aliphatic rings. The van der Waals surface area contributed by atoms with Crippen LogP contribution < -0.4 is 9.80 Å². The summed E-state index contributed by atoms with van der Waals surface area (Å²) in [6.07, 6.45) is 11.8. The van der Waals surface area contributed by atoms with E-state index in [0.717, 1.165) is 83.8 Å². The van der Waals surface area contributed by atoms with Crippen LogP contribution in [0.3, 0.4) is 0 Å². The number of unbranched alkanes of at least 4 members (excludes halogenated alkanes) is 2. The van der Waals surface area contributed by atoms with Crippen molar-refractivity contribution in [2.24, 2.45) is 0 Å². The van der Waals surface area contributed by atoms with Crippen molar-refractivity contribution < 1.29 is 19.8 Å². The molecule has 0 amide bonds. The van der Waals surface area contributed by atoms with Crippen LogP contribution in [-0.2, 0) is 9.59 Å². The first-order valence-corrected chi connectivity index (χ1v) is 18.2. The number of carbonyl (C=O) groups excluding carboxylic acids is 2. The van der Waals surface area contributed by atoms with Crippen molar-refractivity contribution in [3.63, 3.8) is 0 Å². The van der Waals surface area contributed by atoms with Crippen LogP contribution in [0, 0.1) is 0 Å². The maximum absolute atomic E-state index is 13.6. The second kappa shape index (κ2) is 13.5. The van der Waals surface area contributed by atoms with Gasteiger partial charge in [-0.1, -0.05) is 124 Å². The van der Waals surface area contributed by atoms with Crippen LogP contribution in [0.15, 0.2) is 143 Å². The van der Waals surface area contributed by atoms with E-state index in [1.807, 2.05) is 97.1 Å². The van der Waals surface area contributed by atoms with E-state index >= 15 is 0 Å². The van der Waals surface area contributed by atoms with Crippen molar-refractivity contribution in [2.75, 3.05) is 22.9 Å². The van der Waals surface area contributed by atoms with Gasteiger partial charge in [0.05, 0.1) is 33.7 Å². The number of hydrogen-bond acceptors (Lipinski definition) is 6. The van der Waals surface area contributed by atoms with Crippen LogP contribution in [0.25, 0.3) is 34.4 Å². The number of Topliss-reactive ketones (excluding diaryl/α,β-unsaturated/α-hetero) is 2. The summed E-state index contributed by atoms with van der Waals surface area (Å²) in [4.78, 5) is 31.5. The summed E-state index contributed by atoms with van der Waals surface area (Å²) in [5.41, 5.74) is 10.3. The number of anilines is 2. The number of allylic oxidation sites excluding steroid dienone is 6. The number of ketones is 2. The lowest BCUT2D eigenvalue weighted by Gasteiger charge is -2.34. The molecule has 6 nitrogen and oxygen atoms in total. The molecule has 0 aromatic heterocycles. The number of benzene rings is 4. The number of rotatable bonds is 9. The van der Waals surface area contributed by atoms with E-state index in [1.165, 1.54) is 0 Å². The molecule has 4 aromatic rings. The highest BCUT2D eigenvalue weighted by Crippen LogP contribution is 2.44. The second-order valence-electron chi connectivity index (χ2n) is 13.6. The maximum atomic E-state index is 13.6. The Morgan fingerprint density at radius 3 is 1.19 bits per heavy atom. The van der Waals surface area contributed by atoms with Crippen molar-refractivity contribution in [3.05, 3.63) is 166 Å². The van der Waals surface area contributed by atoms with Crippen molar-refractivity contribution in [1.82, 2.24) is 0 Å². The molecule has 0 atom stereocenters. The molecule has 2 aliphatic carbocycles. The first-order valence-electron chi connectivity index (χ1n) is 18.2. The normalized spacial score (nSPS) is 19.2. The van der Waals surface area contributed by atoms with Crippen LogP contribution in [-0.4, -0.2) is 34.9 Å². The van der Waals surface area contributed by atoms with Gasteiger partial charge in [0.15, 0.2) is 0 Å². The Morgan fingerprint density at radius 2 is 0.827 bits per heavy atom. The number of nitrogens with zero attached hydrogens (tertiary/aromatic N) is 2. The average Bonchev–Trinajstić information content (AvgIpc) is 3.17. The molecule has 2 aliphatic heterocycles. The van der Waals surface area contributed by atoms with E-state index in [2.05, 4.69) is 47.9 Å². The summed E-state index contributed by atoms with van der Waals surface area (Å²) in [6.45, 7) is 5.80. The Labute approximate surface area is 304 Å². The third-order valence-electron chi connectivity index (χ3n) is 10.4. The summed E-state index contributed by atoms with van der Waals surface area (Å²) < 4.78 is 0. The quantitative estimate of drug-likeness (QED) is 0.171. The van der Waals surface area contributed by atoms with Gasteiger partial charge >= 0.3 is 0 Å². The monoisotopic (exact) mass is 684 g/mol. The average molecular weight is 685 g/mol. The number of fused-ring (bicyclic) bond motifs is 2. The molecule has 0 saturated carbocycles. The summed E-state index contributed by atoms with van der Waals surface area (Å²) in [5.74, 6) is -0.276. The van der Waals surface area contributed by atoms with Crippen molar-refractivity contribution >= 4 is 46.2 Å². The number of aliphatic hydroxyl groups is 2. The minimum atomic E-state index is -0.163. The van der Waals surface area contributed by atoms with E-state index in [1.54, 1.807) is 0 Å². The zero-order chi connectivity index (χ0) is 35.9. The summed E-state index contributed by atoms with van der Waals surface area (Å²) in [6, 6.07) is 31.4. The van der Waals surface area contributed by atoms with Crippen LogP contribution in [0.1, 0.15) is 61.8 Å². The highest BCUT2D eigenvalue weighted by atomic mass is 16.3. The lowest BCUT2D eigenvalue weighted by atomic mass is 9.80. The molecular weight excluding hydrogens is 645 g/mol. The lowest BCUT2D eigenvalue weighted by Crippen LogP contribution is -2.32. The Morgan fingerprint density at radius 1 is 0.462 bits per heavy atom. The largest absolute Gasteiger partial charge is 0.506 e. The second-order valence-corrected chi connectivity index (χ2v) is 13.6. The first kappa shape index (κ1) is 33.0.